The fraction of sp³-hybridized carbons (Fsp3) is 0.429. The molecule has 1 aromatic rings. The molecule has 72 valence electrons. The Bertz CT molecular complexity index is 335. The Morgan fingerprint density at radius 1 is 1.77 bits per heavy atom. The van der Waals surface area contributed by atoms with Crippen LogP contribution in [0.1, 0.15) is 16.1 Å². The standard InChI is InChI=1S/C7H9ClN2O3/c1-10-6(8)5(7(11)12)4(9-10)3-13-2/h3H2,1-2H3,(H,11,12). The highest BCUT2D eigenvalue weighted by Gasteiger charge is 2.20. The normalized spacial score (nSPS) is 10.4. The number of rotatable bonds is 3. The van der Waals surface area contributed by atoms with Crippen molar-refractivity contribution in [3.8, 4) is 0 Å². The largest absolute Gasteiger partial charge is 0.478 e. The SMILES string of the molecule is COCc1nn(C)c(Cl)c1C(=O)O. The summed E-state index contributed by atoms with van der Waals surface area (Å²) in [4.78, 5) is 10.7. The van der Waals surface area contributed by atoms with E-state index in [-0.39, 0.29) is 17.3 Å². The highest BCUT2D eigenvalue weighted by atomic mass is 35.5. The molecule has 0 radical (unpaired) electrons. The number of carboxylic acids is 1. The molecular weight excluding hydrogens is 196 g/mol. The Hall–Kier alpha value is -1.07. The molecule has 0 aliphatic carbocycles. The summed E-state index contributed by atoms with van der Waals surface area (Å²) in [6.07, 6.45) is 0. The second-order valence-corrected chi connectivity index (χ2v) is 2.83. The third-order valence-electron chi connectivity index (χ3n) is 1.54. The number of aromatic carboxylic acids is 1. The van der Waals surface area contributed by atoms with Crippen LogP contribution in [0.4, 0.5) is 0 Å². The Balaban J connectivity index is 3.18. The number of ether oxygens (including phenoxy) is 1. The van der Waals surface area contributed by atoms with Gasteiger partial charge in [-0.25, -0.2) is 4.79 Å². The first-order valence-corrected chi connectivity index (χ1v) is 3.89. The lowest BCUT2D eigenvalue weighted by Gasteiger charge is -1.94. The van der Waals surface area contributed by atoms with E-state index in [9.17, 15) is 4.79 Å². The van der Waals surface area contributed by atoms with Crippen LogP contribution in [0, 0.1) is 0 Å². The van der Waals surface area contributed by atoms with E-state index in [0.717, 1.165) is 0 Å². The van der Waals surface area contributed by atoms with Crippen LogP contribution in [0.15, 0.2) is 0 Å². The predicted octanol–water partition coefficient (Wildman–Crippen LogP) is 0.918. The number of methoxy groups -OCH3 is 1. The van der Waals surface area contributed by atoms with Crippen LogP contribution >= 0.6 is 11.6 Å². The van der Waals surface area contributed by atoms with E-state index in [1.165, 1.54) is 11.8 Å². The van der Waals surface area contributed by atoms with Crippen molar-refractivity contribution >= 4 is 17.6 Å². The molecule has 0 saturated carbocycles. The Morgan fingerprint density at radius 3 is 2.85 bits per heavy atom. The van der Waals surface area contributed by atoms with Crippen molar-refractivity contribution in [1.82, 2.24) is 9.78 Å². The van der Waals surface area contributed by atoms with Crippen LogP contribution in [0.3, 0.4) is 0 Å². The fourth-order valence-electron chi connectivity index (χ4n) is 1.01. The van der Waals surface area contributed by atoms with E-state index in [2.05, 4.69) is 5.10 Å². The number of aromatic nitrogens is 2. The van der Waals surface area contributed by atoms with Crippen molar-refractivity contribution in [3.05, 3.63) is 16.4 Å². The number of carbonyl (C=O) groups is 1. The second kappa shape index (κ2) is 3.76. The monoisotopic (exact) mass is 204 g/mol. The number of hydrogen-bond donors (Lipinski definition) is 1. The molecular formula is C7H9ClN2O3. The molecule has 5 nitrogen and oxygen atoms in total. The molecule has 0 fully saturated rings. The van der Waals surface area contributed by atoms with Gasteiger partial charge in [-0.15, -0.1) is 0 Å². The minimum atomic E-state index is -1.09. The fourth-order valence-corrected chi connectivity index (χ4v) is 1.23. The summed E-state index contributed by atoms with van der Waals surface area (Å²) in [6, 6.07) is 0. The van der Waals surface area contributed by atoms with Crippen LogP contribution in [-0.4, -0.2) is 28.0 Å². The van der Waals surface area contributed by atoms with E-state index in [4.69, 9.17) is 21.4 Å². The maximum Gasteiger partial charge on any atom is 0.340 e. The maximum atomic E-state index is 10.7. The molecule has 1 aromatic heterocycles. The summed E-state index contributed by atoms with van der Waals surface area (Å²) in [5.74, 6) is -1.09. The van der Waals surface area contributed by atoms with E-state index < -0.39 is 5.97 Å². The van der Waals surface area contributed by atoms with Crippen molar-refractivity contribution < 1.29 is 14.6 Å². The van der Waals surface area contributed by atoms with Crippen molar-refractivity contribution in [3.63, 3.8) is 0 Å². The lowest BCUT2D eigenvalue weighted by molar-refractivity contribution is 0.0692. The molecule has 1 N–H and O–H groups in total. The molecule has 0 aromatic carbocycles. The third-order valence-corrected chi connectivity index (χ3v) is 1.98. The average molecular weight is 205 g/mol. The highest BCUT2D eigenvalue weighted by Crippen LogP contribution is 2.19. The molecule has 0 spiro atoms. The van der Waals surface area contributed by atoms with Crippen LogP contribution in [-0.2, 0) is 18.4 Å². The first kappa shape index (κ1) is 10.0. The Morgan fingerprint density at radius 2 is 2.38 bits per heavy atom. The summed E-state index contributed by atoms with van der Waals surface area (Å²) in [7, 11) is 3.04. The van der Waals surface area contributed by atoms with Gasteiger partial charge in [0, 0.05) is 14.2 Å². The van der Waals surface area contributed by atoms with Gasteiger partial charge in [0.2, 0.25) is 0 Å². The van der Waals surface area contributed by atoms with Crippen molar-refractivity contribution in [1.29, 1.82) is 0 Å². The minimum Gasteiger partial charge on any atom is -0.478 e. The van der Waals surface area contributed by atoms with E-state index in [0.29, 0.717) is 5.69 Å². The van der Waals surface area contributed by atoms with Crippen molar-refractivity contribution in [2.75, 3.05) is 7.11 Å². The van der Waals surface area contributed by atoms with Crippen molar-refractivity contribution in [2.45, 2.75) is 6.61 Å². The summed E-state index contributed by atoms with van der Waals surface area (Å²) in [6.45, 7) is 0.141. The van der Waals surface area contributed by atoms with Gasteiger partial charge < -0.3 is 9.84 Å². The average Bonchev–Trinajstić information content (AvgIpc) is 2.28. The van der Waals surface area contributed by atoms with Gasteiger partial charge in [0.25, 0.3) is 0 Å². The summed E-state index contributed by atoms with van der Waals surface area (Å²) in [5.41, 5.74) is 0.341. The van der Waals surface area contributed by atoms with Gasteiger partial charge >= 0.3 is 5.97 Å². The molecule has 0 unspecified atom stereocenters. The zero-order chi connectivity index (χ0) is 10.0. The molecule has 1 heterocycles. The smallest absolute Gasteiger partial charge is 0.340 e. The van der Waals surface area contributed by atoms with E-state index >= 15 is 0 Å². The number of hydrogen-bond acceptors (Lipinski definition) is 3. The first-order chi connectivity index (χ1) is 6.07. The molecule has 13 heavy (non-hydrogen) atoms. The molecule has 0 aliphatic heterocycles. The third kappa shape index (κ3) is 1.81. The first-order valence-electron chi connectivity index (χ1n) is 3.51. The van der Waals surface area contributed by atoms with Gasteiger partial charge in [-0.05, 0) is 0 Å². The minimum absolute atomic E-state index is 0.00557. The molecule has 0 atom stereocenters. The molecule has 0 bridgehead atoms. The molecule has 1 rings (SSSR count). The Labute approximate surface area is 79.9 Å². The van der Waals surface area contributed by atoms with Gasteiger partial charge in [0.15, 0.2) is 0 Å². The highest BCUT2D eigenvalue weighted by molar-refractivity contribution is 6.32. The summed E-state index contributed by atoms with van der Waals surface area (Å²) >= 11 is 5.71. The molecule has 0 aliphatic rings. The summed E-state index contributed by atoms with van der Waals surface area (Å²) in [5, 5.41) is 12.8. The van der Waals surface area contributed by atoms with Gasteiger partial charge in [0.05, 0.1) is 6.61 Å². The Kier molecular flexibility index (Phi) is 2.90. The van der Waals surface area contributed by atoms with Crippen molar-refractivity contribution in [2.24, 2.45) is 7.05 Å². The lowest BCUT2D eigenvalue weighted by Crippen LogP contribution is -2.01. The lowest BCUT2D eigenvalue weighted by atomic mass is 10.2. The number of aryl methyl sites for hydroxylation is 1. The second-order valence-electron chi connectivity index (χ2n) is 2.47. The van der Waals surface area contributed by atoms with Gasteiger partial charge in [0.1, 0.15) is 16.4 Å². The zero-order valence-corrected chi connectivity index (χ0v) is 8.00. The number of carboxylic acid groups (broad SMARTS) is 1. The topological polar surface area (TPSA) is 64.4 Å². The summed E-state index contributed by atoms with van der Waals surface area (Å²) < 4.78 is 6.09. The zero-order valence-electron chi connectivity index (χ0n) is 7.24. The van der Waals surface area contributed by atoms with Gasteiger partial charge in [-0.2, -0.15) is 5.10 Å². The van der Waals surface area contributed by atoms with Crippen LogP contribution in [0.2, 0.25) is 5.15 Å². The maximum absolute atomic E-state index is 10.7. The predicted molar refractivity (Wildman–Crippen MR) is 45.9 cm³/mol. The van der Waals surface area contributed by atoms with Gasteiger partial charge in [-0.1, -0.05) is 11.6 Å². The van der Waals surface area contributed by atoms with Gasteiger partial charge in [-0.3, -0.25) is 4.68 Å². The molecule has 0 saturated heterocycles. The molecule has 6 heteroatoms. The van der Waals surface area contributed by atoms with E-state index in [1.807, 2.05) is 0 Å². The quantitative estimate of drug-likeness (QED) is 0.795. The number of nitrogens with zero attached hydrogens (tertiary/aromatic N) is 2. The van der Waals surface area contributed by atoms with Crippen LogP contribution in [0.5, 0.6) is 0 Å². The van der Waals surface area contributed by atoms with Crippen LogP contribution in [0.25, 0.3) is 0 Å². The number of halogens is 1. The molecule has 0 amide bonds. The van der Waals surface area contributed by atoms with E-state index in [1.54, 1.807) is 7.05 Å². The van der Waals surface area contributed by atoms with Crippen LogP contribution < -0.4 is 0 Å².